The van der Waals surface area contributed by atoms with Crippen LogP contribution in [0, 0.1) is 0 Å². The first-order valence-corrected chi connectivity index (χ1v) is 7.06. The zero-order valence-corrected chi connectivity index (χ0v) is 11.6. The van der Waals surface area contributed by atoms with Gasteiger partial charge in [0.05, 0.1) is 17.3 Å². The standard InChI is InChI=1S/C16H17N3O2/c20-16(21)13-4-1-3-12(9-13)11-19-8-2-5-15(19)14-10-17-6-7-18-14/h1,3-4,6-7,9-10,15H,2,5,8,11H2,(H,20,21). The lowest BCUT2D eigenvalue weighted by atomic mass is 10.1. The van der Waals surface area contributed by atoms with E-state index in [1.54, 1.807) is 30.6 Å². The van der Waals surface area contributed by atoms with Crippen molar-refractivity contribution in [3.63, 3.8) is 0 Å². The maximum atomic E-state index is 11.0. The molecule has 1 aromatic carbocycles. The molecule has 2 heterocycles. The molecular weight excluding hydrogens is 266 g/mol. The smallest absolute Gasteiger partial charge is 0.335 e. The molecule has 108 valence electrons. The number of carbonyl (C=O) groups is 1. The van der Waals surface area contributed by atoms with Crippen LogP contribution < -0.4 is 0 Å². The molecule has 5 nitrogen and oxygen atoms in total. The van der Waals surface area contributed by atoms with Crippen LogP contribution in [-0.4, -0.2) is 32.5 Å². The third kappa shape index (κ3) is 3.08. The molecule has 1 unspecified atom stereocenters. The highest BCUT2D eigenvalue weighted by Gasteiger charge is 2.27. The zero-order valence-electron chi connectivity index (χ0n) is 11.6. The summed E-state index contributed by atoms with van der Waals surface area (Å²) in [4.78, 5) is 21.9. The molecule has 5 heteroatoms. The van der Waals surface area contributed by atoms with Gasteiger partial charge in [-0.3, -0.25) is 14.9 Å². The molecule has 0 amide bonds. The average molecular weight is 283 g/mol. The Bertz CT molecular complexity index is 630. The van der Waals surface area contributed by atoms with Gasteiger partial charge in [-0.25, -0.2) is 4.79 Å². The Morgan fingerprint density at radius 2 is 2.29 bits per heavy atom. The molecule has 1 aliphatic rings. The second-order valence-corrected chi connectivity index (χ2v) is 5.26. The van der Waals surface area contributed by atoms with Crippen LogP contribution in [0.1, 0.15) is 40.5 Å². The van der Waals surface area contributed by atoms with Gasteiger partial charge in [-0.05, 0) is 37.1 Å². The summed E-state index contributed by atoms with van der Waals surface area (Å²) in [6.45, 7) is 1.74. The highest BCUT2D eigenvalue weighted by atomic mass is 16.4. The molecule has 1 N–H and O–H groups in total. The van der Waals surface area contributed by atoms with Crippen LogP contribution in [0.25, 0.3) is 0 Å². The summed E-state index contributed by atoms with van der Waals surface area (Å²) in [6, 6.07) is 7.40. The predicted molar refractivity (Wildman–Crippen MR) is 77.8 cm³/mol. The minimum atomic E-state index is -0.885. The molecule has 0 bridgehead atoms. The number of hydrogen-bond acceptors (Lipinski definition) is 4. The lowest BCUT2D eigenvalue weighted by Crippen LogP contribution is -2.23. The number of aromatic nitrogens is 2. The van der Waals surface area contributed by atoms with Gasteiger partial charge in [-0.15, -0.1) is 0 Å². The maximum Gasteiger partial charge on any atom is 0.335 e. The molecule has 1 aromatic heterocycles. The van der Waals surface area contributed by atoms with Crippen molar-refractivity contribution in [2.24, 2.45) is 0 Å². The molecular formula is C16H17N3O2. The van der Waals surface area contributed by atoms with Gasteiger partial charge in [-0.1, -0.05) is 12.1 Å². The van der Waals surface area contributed by atoms with Crippen molar-refractivity contribution in [2.45, 2.75) is 25.4 Å². The lowest BCUT2D eigenvalue weighted by Gasteiger charge is -2.23. The monoisotopic (exact) mass is 283 g/mol. The summed E-state index contributed by atoms with van der Waals surface area (Å²) < 4.78 is 0. The summed E-state index contributed by atoms with van der Waals surface area (Å²) in [5, 5.41) is 9.07. The summed E-state index contributed by atoms with van der Waals surface area (Å²) in [5.74, 6) is -0.885. The second-order valence-electron chi connectivity index (χ2n) is 5.26. The molecule has 1 fully saturated rings. The molecule has 0 radical (unpaired) electrons. The van der Waals surface area contributed by atoms with Gasteiger partial charge in [0, 0.05) is 25.1 Å². The fourth-order valence-electron chi connectivity index (χ4n) is 2.87. The number of hydrogen-bond donors (Lipinski definition) is 1. The Labute approximate surface area is 123 Å². The van der Waals surface area contributed by atoms with Crippen molar-refractivity contribution in [2.75, 3.05) is 6.54 Å². The van der Waals surface area contributed by atoms with Crippen LogP contribution in [0.2, 0.25) is 0 Å². The zero-order chi connectivity index (χ0) is 14.7. The number of benzene rings is 1. The third-order valence-electron chi connectivity index (χ3n) is 3.85. The summed E-state index contributed by atoms with van der Waals surface area (Å²) in [7, 11) is 0. The summed E-state index contributed by atoms with van der Waals surface area (Å²) in [5.41, 5.74) is 2.35. The SMILES string of the molecule is O=C(O)c1cccc(CN2CCCC2c2cnccn2)c1. The Morgan fingerprint density at radius 3 is 3.05 bits per heavy atom. The molecule has 1 aliphatic heterocycles. The molecule has 1 atom stereocenters. The minimum absolute atomic E-state index is 0.271. The fraction of sp³-hybridized carbons (Fsp3) is 0.312. The largest absolute Gasteiger partial charge is 0.478 e. The van der Waals surface area contributed by atoms with Crippen LogP contribution >= 0.6 is 0 Å². The van der Waals surface area contributed by atoms with E-state index in [9.17, 15) is 4.79 Å². The van der Waals surface area contributed by atoms with E-state index in [-0.39, 0.29) is 6.04 Å². The number of carboxylic acid groups (broad SMARTS) is 1. The van der Waals surface area contributed by atoms with Crippen LogP contribution in [0.4, 0.5) is 0 Å². The first kappa shape index (κ1) is 13.7. The highest BCUT2D eigenvalue weighted by Crippen LogP contribution is 2.31. The van der Waals surface area contributed by atoms with E-state index in [1.165, 1.54) is 0 Å². The van der Waals surface area contributed by atoms with Gasteiger partial charge in [0.2, 0.25) is 0 Å². The molecule has 21 heavy (non-hydrogen) atoms. The molecule has 0 spiro atoms. The van der Waals surface area contributed by atoms with E-state index in [0.29, 0.717) is 5.56 Å². The van der Waals surface area contributed by atoms with E-state index in [4.69, 9.17) is 5.11 Å². The number of likely N-dealkylation sites (tertiary alicyclic amines) is 1. The van der Waals surface area contributed by atoms with Crippen molar-refractivity contribution in [3.05, 3.63) is 59.7 Å². The van der Waals surface area contributed by atoms with E-state index >= 15 is 0 Å². The van der Waals surface area contributed by atoms with E-state index in [2.05, 4.69) is 14.9 Å². The van der Waals surface area contributed by atoms with Gasteiger partial charge in [0.1, 0.15) is 0 Å². The fourth-order valence-corrected chi connectivity index (χ4v) is 2.87. The van der Waals surface area contributed by atoms with Crippen molar-refractivity contribution in [1.29, 1.82) is 0 Å². The summed E-state index contributed by atoms with van der Waals surface area (Å²) in [6.07, 6.45) is 7.41. The normalized spacial score (nSPS) is 18.8. The maximum absolute atomic E-state index is 11.0. The minimum Gasteiger partial charge on any atom is -0.478 e. The van der Waals surface area contributed by atoms with Crippen molar-refractivity contribution in [1.82, 2.24) is 14.9 Å². The lowest BCUT2D eigenvalue weighted by molar-refractivity contribution is 0.0696. The van der Waals surface area contributed by atoms with Gasteiger partial charge in [0.25, 0.3) is 0 Å². The predicted octanol–water partition coefficient (Wildman–Crippen LogP) is 2.51. The van der Waals surface area contributed by atoms with Crippen LogP contribution in [0.5, 0.6) is 0 Å². The van der Waals surface area contributed by atoms with Gasteiger partial charge in [0.15, 0.2) is 0 Å². The molecule has 2 aromatic rings. The van der Waals surface area contributed by atoms with Crippen molar-refractivity contribution < 1.29 is 9.90 Å². The number of nitrogens with zero attached hydrogens (tertiary/aromatic N) is 3. The first-order chi connectivity index (χ1) is 10.2. The molecule has 0 aliphatic carbocycles. The average Bonchev–Trinajstić information content (AvgIpc) is 2.96. The Morgan fingerprint density at radius 1 is 1.38 bits per heavy atom. The Kier molecular flexibility index (Phi) is 3.92. The second kappa shape index (κ2) is 6.01. The first-order valence-electron chi connectivity index (χ1n) is 7.06. The van der Waals surface area contributed by atoms with E-state index in [1.807, 2.05) is 12.3 Å². The quantitative estimate of drug-likeness (QED) is 0.934. The topological polar surface area (TPSA) is 66.3 Å². The number of aromatic carboxylic acids is 1. The van der Waals surface area contributed by atoms with Crippen LogP contribution in [0.3, 0.4) is 0 Å². The number of carboxylic acids is 1. The molecule has 0 saturated carbocycles. The van der Waals surface area contributed by atoms with Crippen LogP contribution in [-0.2, 0) is 6.54 Å². The highest BCUT2D eigenvalue weighted by molar-refractivity contribution is 5.87. The Balaban J connectivity index is 1.78. The van der Waals surface area contributed by atoms with Gasteiger partial charge in [-0.2, -0.15) is 0 Å². The van der Waals surface area contributed by atoms with Crippen LogP contribution in [0.15, 0.2) is 42.9 Å². The van der Waals surface area contributed by atoms with Gasteiger partial charge < -0.3 is 5.11 Å². The third-order valence-corrected chi connectivity index (χ3v) is 3.85. The molecule has 1 saturated heterocycles. The van der Waals surface area contributed by atoms with E-state index in [0.717, 1.165) is 37.2 Å². The molecule has 3 rings (SSSR count). The Hall–Kier alpha value is -2.27. The summed E-state index contributed by atoms with van der Waals surface area (Å²) >= 11 is 0. The van der Waals surface area contributed by atoms with Crippen molar-refractivity contribution >= 4 is 5.97 Å². The van der Waals surface area contributed by atoms with Crippen molar-refractivity contribution in [3.8, 4) is 0 Å². The van der Waals surface area contributed by atoms with Gasteiger partial charge >= 0.3 is 5.97 Å². The number of rotatable bonds is 4. The van der Waals surface area contributed by atoms with E-state index < -0.39 is 5.97 Å².